The molecule has 0 aromatic heterocycles. The second-order valence-electron chi connectivity index (χ2n) is 5.30. The number of aryl methyl sites for hydroxylation is 1. The molecule has 0 fully saturated rings. The quantitative estimate of drug-likeness (QED) is 0.627. The van der Waals surface area contributed by atoms with E-state index >= 15 is 0 Å². The van der Waals surface area contributed by atoms with Crippen LogP contribution in [0.5, 0.6) is 0 Å². The lowest BCUT2D eigenvalue weighted by molar-refractivity contribution is -0.137. The largest absolute Gasteiger partial charge is 0.462 e. The number of hydrogen-bond acceptors (Lipinski definition) is 3. The maximum Gasteiger partial charge on any atom is 0.342 e. The number of ether oxygens (including phenoxy) is 1. The summed E-state index contributed by atoms with van der Waals surface area (Å²) in [4.78, 5) is 25.0. The van der Waals surface area contributed by atoms with Crippen molar-refractivity contribution in [2.45, 2.75) is 13.8 Å². The molecular formula is C19H15ClO3. The minimum absolute atomic E-state index is 0.0958. The fourth-order valence-electron chi connectivity index (χ4n) is 2.87. The number of rotatable bonds is 3. The molecule has 0 unspecified atom stereocenters. The monoisotopic (exact) mass is 326 g/mol. The normalized spacial score (nSPS) is 13.3. The first-order valence-corrected chi connectivity index (χ1v) is 7.74. The minimum Gasteiger partial charge on any atom is -0.462 e. The number of carbonyl (C=O) groups is 2. The van der Waals surface area contributed by atoms with Gasteiger partial charge in [0, 0.05) is 16.2 Å². The molecule has 0 atom stereocenters. The van der Waals surface area contributed by atoms with Crippen LogP contribution in [0.1, 0.15) is 34.0 Å². The van der Waals surface area contributed by atoms with Crippen molar-refractivity contribution in [1.29, 1.82) is 0 Å². The summed E-state index contributed by atoms with van der Waals surface area (Å²) in [6.45, 7) is 3.85. The van der Waals surface area contributed by atoms with E-state index in [1.165, 1.54) is 0 Å². The zero-order chi connectivity index (χ0) is 16.6. The summed E-state index contributed by atoms with van der Waals surface area (Å²) in [5.41, 5.74) is 3.72. The van der Waals surface area contributed by atoms with E-state index in [-0.39, 0.29) is 18.0 Å². The molecule has 116 valence electrons. The van der Waals surface area contributed by atoms with Gasteiger partial charge < -0.3 is 4.74 Å². The number of Topliss-reactive ketones (excluding diaryl/α,β-unsaturated/α-hetero) is 1. The first-order chi connectivity index (χ1) is 11.0. The van der Waals surface area contributed by atoms with E-state index in [9.17, 15) is 9.59 Å². The van der Waals surface area contributed by atoms with Crippen molar-refractivity contribution in [2.24, 2.45) is 0 Å². The SMILES string of the molecule is CCOC(=O)C1=C(c2ccc(Cl)cc2C)c2ccccc2C1=O. The lowest BCUT2D eigenvalue weighted by Gasteiger charge is -2.11. The van der Waals surface area contributed by atoms with Gasteiger partial charge in [0.25, 0.3) is 0 Å². The van der Waals surface area contributed by atoms with Crippen LogP contribution in [-0.4, -0.2) is 18.4 Å². The van der Waals surface area contributed by atoms with Crippen molar-refractivity contribution in [3.63, 3.8) is 0 Å². The Hall–Kier alpha value is -2.39. The Kier molecular flexibility index (Phi) is 4.05. The number of esters is 1. The first kappa shape index (κ1) is 15.5. The number of halogens is 1. The van der Waals surface area contributed by atoms with Crippen LogP contribution >= 0.6 is 11.6 Å². The summed E-state index contributed by atoms with van der Waals surface area (Å²) in [6, 6.07) is 12.6. The van der Waals surface area contributed by atoms with Crippen molar-refractivity contribution >= 4 is 28.9 Å². The van der Waals surface area contributed by atoms with Crippen molar-refractivity contribution in [3.8, 4) is 0 Å². The summed E-state index contributed by atoms with van der Waals surface area (Å²) >= 11 is 6.03. The van der Waals surface area contributed by atoms with E-state index in [0.717, 1.165) is 16.7 Å². The molecule has 0 bridgehead atoms. The van der Waals surface area contributed by atoms with E-state index in [4.69, 9.17) is 16.3 Å². The van der Waals surface area contributed by atoms with E-state index in [0.29, 0.717) is 16.2 Å². The molecular weight excluding hydrogens is 312 g/mol. The van der Waals surface area contributed by atoms with E-state index in [1.807, 2.05) is 31.2 Å². The molecule has 2 aromatic rings. The van der Waals surface area contributed by atoms with Gasteiger partial charge in [-0.2, -0.15) is 0 Å². The molecule has 1 aliphatic rings. The van der Waals surface area contributed by atoms with Gasteiger partial charge in [0.1, 0.15) is 5.57 Å². The zero-order valence-corrected chi connectivity index (χ0v) is 13.6. The van der Waals surface area contributed by atoms with Crippen LogP contribution in [0.2, 0.25) is 5.02 Å². The Morgan fingerprint density at radius 3 is 2.43 bits per heavy atom. The summed E-state index contributed by atoms with van der Waals surface area (Å²) in [7, 11) is 0. The molecule has 0 aliphatic heterocycles. The van der Waals surface area contributed by atoms with E-state index in [2.05, 4.69) is 0 Å². The number of fused-ring (bicyclic) bond motifs is 1. The molecule has 3 rings (SSSR count). The molecule has 0 N–H and O–H groups in total. The van der Waals surface area contributed by atoms with Gasteiger partial charge in [-0.25, -0.2) is 4.79 Å². The Labute approximate surface area is 139 Å². The zero-order valence-electron chi connectivity index (χ0n) is 12.9. The Morgan fingerprint density at radius 1 is 1.09 bits per heavy atom. The number of hydrogen-bond donors (Lipinski definition) is 0. The Bertz CT molecular complexity index is 849. The highest BCUT2D eigenvalue weighted by molar-refractivity contribution is 6.35. The minimum atomic E-state index is -0.585. The first-order valence-electron chi connectivity index (χ1n) is 7.36. The van der Waals surface area contributed by atoms with Crippen LogP contribution in [-0.2, 0) is 9.53 Å². The maximum atomic E-state index is 12.7. The van der Waals surface area contributed by atoms with Gasteiger partial charge in [0.15, 0.2) is 0 Å². The standard InChI is InChI=1S/C19H15ClO3/c1-3-23-19(22)17-16(13-9-8-12(20)10-11(13)2)14-6-4-5-7-15(14)18(17)21/h4-10H,3H2,1-2H3. The molecule has 4 heteroatoms. The molecule has 0 heterocycles. The predicted octanol–water partition coefficient (Wildman–Crippen LogP) is 4.21. The van der Waals surface area contributed by atoms with Crippen LogP contribution < -0.4 is 0 Å². The number of ketones is 1. The fraction of sp³-hybridized carbons (Fsp3) is 0.158. The third-order valence-electron chi connectivity index (χ3n) is 3.86. The van der Waals surface area contributed by atoms with Crippen LogP contribution in [0.3, 0.4) is 0 Å². The van der Waals surface area contributed by atoms with Gasteiger partial charge in [0.05, 0.1) is 6.61 Å². The van der Waals surface area contributed by atoms with Crippen LogP contribution in [0.15, 0.2) is 48.0 Å². The van der Waals surface area contributed by atoms with Gasteiger partial charge in [-0.1, -0.05) is 41.9 Å². The molecule has 2 aromatic carbocycles. The van der Waals surface area contributed by atoms with Gasteiger partial charge in [-0.15, -0.1) is 0 Å². The fourth-order valence-corrected chi connectivity index (χ4v) is 3.09. The van der Waals surface area contributed by atoms with Crippen LogP contribution in [0.25, 0.3) is 5.57 Å². The molecule has 0 spiro atoms. The molecule has 23 heavy (non-hydrogen) atoms. The number of benzene rings is 2. The summed E-state index contributed by atoms with van der Waals surface area (Å²) in [5.74, 6) is -0.874. The summed E-state index contributed by atoms with van der Waals surface area (Å²) in [6.07, 6.45) is 0. The molecule has 0 radical (unpaired) electrons. The second kappa shape index (κ2) is 6.01. The average molecular weight is 327 g/mol. The Balaban J connectivity index is 2.29. The molecule has 3 nitrogen and oxygen atoms in total. The van der Waals surface area contributed by atoms with Crippen molar-refractivity contribution in [3.05, 3.63) is 75.3 Å². The average Bonchev–Trinajstić information content (AvgIpc) is 2.81. The third-order valence-corrected chi connectivity index (χ3v) is 4.09. The van der Waals surface area contributed by atoms with Gasteiger partial charge in [-0.05, 0) is 42.7 Å². The molecule has 0 amide bonds. The molecule has 0 saturated heterocycles. The number of carbonyl (C=O) groups excluding carboxylic acids is 2. The lowest BCUT2D eigenvalue weighted by atomic mass is 9.94. The van der Waals surface area contributed by atoms with E-state index in [1.54, 1.807) is 25.1 Å². The van der Waals surface area contributed by atoms with Gasteiger partial charge in [0.2, 0.25) is 5.78 Å². The second-order valence-corrected chi connectivity index (χ2v) is 5.74. The van der Waals surface area contributed by atoms with Crippen molar-refractivity contribution in [1.82, 2.24) is 0 Å². The lowest BCUT2D eigenvalue weighted by Crippen LogP contribution is -2.14. The highest BCUT2D eigenvalue weighted by Crippen LogP contribution is 2.39. The summed E-state index contributed by atoms with van der Waals surface area (Å²) in [5, 5.41) is 0.613. The van der Waals surface area contributed by atoms with Crippen LogP contribution in [0, 0.1) is 6.92 Å². The van der Waals surface area contributed by atoms with Gasteiger partial charge >= 0.3 is 5.97 Å². The van der Waals surface area contributed by atoms with Crippen molar-refractivity contribution in [2.75, 3.05) is 6.61 Å². The highest BCUT2D eigenvalue weighted by atomic mass is 35.5. The molecule has 0 saturated carbocycles. The van der Waals surface area contributed by atoms with E-state index < -0.39 is 5.97 Å². The van der Waals surface area contributed by atoms with Gasteiger partial charge in [-0.3, -0.25) is 4.79 Å². The van der Waals surface area contributed by atoms with Crippen molar-refractivity contribution < 1.29 is 14.3 Å². The summed E-state index contributed by atoms with van der Waals surface area (Å²) < 4.78 is 5.10. The third kappa shape index (κ3) is 2.57. The molecule has 1 aliphatic carbocycles. The van der Waals surface area contributed by atoms with Crippen LogP contribution in [0.4, 0.5) is 0 Å². The predicted molar refractivity (Wildman–Crippen MR) is 89.6 cm³/mol. The smallest absolute Gasteiger partial charge is 0.342 e. The maximum absolute atomic E-state index is 12.7. The highest BCUT2D eigenvalue weighted by Gasteiger charge is 2.35. The topological polar surface area (TPSA) is 43.4 Å². The Morgan fingerprint density at radius 2 is 1.78 bits per heavy atom.